The van der Waals surface area contributed by atoms with Crippen molar-refractivity contribution < 1.29 is 13.2 Å². The van der Waals surface area contributed by atoms with Gasteiger partial charge in [-0.05, 0) is 12.8 Å². The number of carbonyl (C=O) groups is 1. The van der Waals surface area contributed by atoms with Gasteiger partial charge in [0.25, 0.3) is 0 Å². The van der Waals surface area contributed by atoms with Gasteiger partial charge >= 0.3 is 0 Å². The SMILES string of the molecule is CCNN(CC(=O)N1CSC[C@H]1C#N)C1CCN(S(C)(=O)=O)CC1. The minimum absolute atomic E-state index is 0.0574. The van der Waals surface area contributed by atoms with Crippen molar-refractivity contribution in [1.82, 2.24) is 19.6 Å². The van der Waals surface area contributed by atoms with Crippen LogP contribution in [0.4, 0.5) is 0 Å². The first kappa shape index (κ1) is 19.5. The van der Waals surface area contributed by atoms with Crippen LogP contribution in [-0.4, -0.2) is 84.7 Å². The van der Waals surface area contributed by atoms with E-state index >= 15 is 0 Å². The number of nitriles is 1. The number of thioether (sulfide) groups is 1. The maximum atomic E-state index is 12.5. The van der Waals surface area contributed by atoms with Crippen LogP contribution < -0.4 is 5.43 Å². The Bertz CT molecular complexity index is 584. The summed E-state index contributed by atoms with van der Waals surface area (Å²) < 4.78 is 24.7. The zero-order valence-electron chi connectivity index (χ0n) is 14.1. The smallest absolute Gasteiger partial charge is 0.240 e. The number of nitrogens with one attached hydrogen (secondary N) is 1. The second kappa shape index (κ2) is 8.49. The maximum Gasteiger partial charge on any atom is 0.240 e. The van der Waals surface area contributed by atoms with Crippen molar-refractivity contribution in [2.24, 2.45) is 0 Å². The third-order valence-corrected chi connectivity index (χ3v) is 6.67. The van der Waals surface area contributed by atoms with Gasteiger partial charge in [0.15, 0.2) is 0 Å². The molecule has 1 atom stereocenters. The van der Waals surface area contributed by atoms with Gasteiger partial charge in [0, 0.05) is 31.4 Å². The van der Waals surface area contributed by atoms with Gasteiger partial charge in [0.1, 0.15) is 6.04 Å². The molecule has 0 saturated carbocycles. The fourth-order valence-electron chi connectivity index (χ4n) is 3.03. The number of rotatable bonds is 6. The Kier molecular flexibility index (Phi) is 6.88. The number of carbonyl (C=O) groups excluding carboxylic acids is 1. The third-order valence-electron chi connectivity index (χ3n) is 4.35. The highest BCUT2D eigenvalue weighted by atomic mass is 32.2. The van der Waals surface area contributed by atoms with E-state index in [4.69, 9.17) is 5.26 Å². The van der Waals surface area contributed by atoms with Crippen LogP contribution in [0.1, 0.15) is 19.8 Å². The fraction of sp³-hybridized carbons (Fsp3) is 0.857. The highest BCUT2D eigenvalue weighted by Crippen LogP contribution is 2.22. The molecule has 0 aromatic heterocycles. The van der Waals surface area contributed by atoms with Crippen LogP contribution in [0.2, 0.25) is 0 Å². The van der Waals surface area contributed by atoms with Gasteiger partial charge in [-0.25, -0.2) is 17.7 Å². The largest absolute Gasteiger partial charge is 0.315 e. The quantitative estimate of drug-likeness (QED) is 0.635. The first-order valence-electron chi connectivity index (χ1n) is 8.09. The molecule has 2 saturated heterocycles. The summed E-state index contributed by atoms with van der Waals surface area (Å²) in [5, 5.41) is 11.0. The molecule has 0 aliphatic carbocycles. The highest BCUT2D eigenvalue weighted by Gasteiger charge is 2.33. The lowest BCUT2D eigenvalue weighted by Gasteiger charge is -2.38. The Balaban J connectivity index is 1.95. The van der Waals surface area contributed by atoms with Crippen LogP contribution in [0.15, 0.2) is 0 Å². The zero-order valence-corrected chi connectivity index (χ0v) is 15.8. The minimum atomic E-state index is -3.15. The van der Waals surface area contributed by atoms with E-state index in [9.17, 15) is 13.2 Å². The molecule has 2 fully saturated rings. The fourth-order valence-corrected chi connectivity index (χ4v) is 5.01. The summed E-state index contributed by atoms with van der Waals surface area (Å²) in [7, 11) is -3.15. The van der Waals surface area contributed by atoms with Crippen LogP contribution in [0.25, 0.3) is 0 Å². The molecule has 1 N–H and O–H groups in total. The van der Waals surface area contributed by atoms with Crippen LogP contribution in [0.5, 0.6) is 0 Å². The minimum Gasteiger partial charge on any atom is -0.315 e. The van der Waals surface area contributed by atoms with Gasteiger partial charge in [-0.1, -0.05) is 6.92 Å². The number of hydrogen-bond acceptors (Lipinski definition) is 7. The van der Waals surface area contributed by atoms with Crippen molar-refractivity contribution in [2.45, 2.75) is 31.8 Å². The van der Waals surface area contributed by atoms with Gasteiger partial charge in [-0.15, -0.1) is 11.8 Å². The van der Waals surface area contributed by atoms with Crippen molar-refractivity contribution in [3.63, 3.8) is 0 Å². The lowest BCUT2D eigenvalue weighted by atomic mass is 10.1. The number of nitrogens with zero attached hydrogens (tertiary/aromatic N) is 4. The average Bonchev–Trinajstić information content (AvgIpc) is 3.02. The standard InChI is InChI=1S/C14H25N5O3S2/c1-3-16-19(9-14(20)18-11-23-10-13(18)8-15)12-4-6-17(7-5-12)24(2,21)22/h12-13,16H,3-7,9-11H2,1-2H3/t13-/m1/s1. The summed E-state index contributed by atoms with van der Waals surface area (Å²) >= 11 is 1.59. The predicted molar refractivity (Wildman–Crippen MR) is 93.4 cm³/mol. The molecule has 10 heteroatoms. The van der Waals surface area contributed by atoms with Crippen molar-refractivity contribution in [1.29, 1.82) is 5.26 Å². The van der Waals surface area contributed by atoms with Gasteiger partial charge in [0.05, 0.1) is 24.7 Å². The lowest BCUT2D eigenvalue weighted by molar-refractivity contribution is -0.133. The van der Waals surface area contributed by atoms with Crippen LogP contribution in [0.3, 0.4) is 0 Å². The van der Waals surface area contributed by atoms with E-state index in [1.807, 2.05) is 11.9 Å². The van der Waals surface area contributed by atoms with Crippen molar-refractivity contribution in [2.75, 3.05) is 44.1 Å². The molecule has 2 heterocycles. The zero-order chi connectivity index (χ0) is 17.7. The summed E-state index contributed by atoms with van der Waals surface area (Å²) in [5.41, 5.74) is 3.22. The number of amides is 1. The molecule has 0 bridgehead atoms. The number of piperidine rings is 1. The topological polar surface area (TPSA) is 96.8 Å². The van der Waals surface area contributed by atoms with Gasteiger partial charge < -0.3 is 4.90 Å². The van der Waals surface area contributed by atoms with E-state index in [1.165, 1.54) is 10.6 Å². The van der Waals surface area contributed by atoms with Gasteiger partial charge in [0.2, 0.25) is 15.9 Å². The van der Waals surface area contributed by atoms with E-state index in [0.717, 1.165) is 0 Å². The van der Waals surface area contributed by atoms with Gasteiger partial charge in [-0.3, -0.25) is 10.2 Å². The molecule has 0 aromatic rings. The number of hydrogen-bond donors (Lipinski definition) is 1. The third kappa shape index (κ3) is 4.83. The summed E-state index contributed by atoms with van der Waals surface area (Å²) in [6.07, 6.45) is 2.60. The Morgan fingerprint density at radius 1 is 1.42 bits per heavy atom. The van der Waals surface area contributed by atoms with E-state index < -0.39 is 10.0 Å². The second-order valence-electron chi connectivity index (χ2n) is 6.04. The van der Waals surface area contributed by atoms with Crippen molar-refractivity contribution in [3.05, 3.63) is 0 Å². The Morgan fingerprint density at radius 2 is 2.08 bits per heavy atom. The second-order valence-corrected chi connectivity index (χ2v) is 9.02. The molecule has 2 rings (SSSR count). The molecule has 2 aliphatic heterocycles. The molecule has 24 heavy (non-hydrogen) atoms. The molecule has 136 valence electrons. The van der Waals surface area contributed by atoms with E-state index in [2.05, 4.69) is 11.5 Å². The molecular formula is C14H25N5O3S2. The van der Waals surface area contributed by atoms with E-state index in [-0.39, 0.29) is 24.5 Å². The maximum absolute atomic E-state index is 12.5. The normalized spacial score (nSPS) is 23.6. The van der Waals surface area contributed by atoms with Gasteiger partial charge in [-0.2, -0.15) is 5.26 Å². The highest BCUT2D eigenvalue weighted by molar-refractivity contribution is 7.99. The van der Waals surface area contributed by atoms with E-state index in [1.54, 1.807) is 16.7 Å². The van der Waals surface area contributed by atoms with Crippen LogP contribution >= 0.6 is 11.8 Å². The monoisotopic (exact) mass is 375 g/mol. The Hall–Kier alpha value is -0.860. The first-order valence-corrected chi connectivity index (χ1v) is 11.1. The first-order chi connectivity index (χ1) is 11.4. The predicted octanol–water partition coefficient (Wildman–Crippen LogP) is -0.338. The number of sulfonamides is 1. The molecule has 2 aliphatic rings. The summed E-state index contributed by atoms with van der Waals surface area (Å²) in [5.74, 6) is 1.16. The molecule has 0 spiro atoms. The summed E-state index contributed by atoms with van der Waals surface area (Å²) in [6, 6.07) is 1.94. The lowest BCUT2D eigenvalue weighted by Crippen LogP contribution is -2.55. The van der Waals surface area contributed by atoms with Crippen molar-refractivity contribution in [3.8, 4) is 6.07 Å². The Morgan fingerprint density at radius 3 is 2.62 bits per heavy atom. The molecule has 0 unspecified atom stereocenters. The van der Waals surface area contributed by atoms with Crippen LogP contribution in [-0.2, 0) is 14.8 Å². The average molecular weight is 376 g/mol. The molecular weight excluding hydrogens is 350 g/mol. The van der Waals surface area contributed by atoms with E-state index in [0.29, 0.717) is 44.1 Å². The Labute approximate surface area is 148 Å². The summed E-state index contributed by atoms with van der Waals surface area (Å²) in [6.45, 7) is 3.80. The molecule has 1 amide bonds. The number of hydrazine groups is 1. The molecule has 0 radical (unpaired) electrons. The molecule has 8 nitrogen and oxygen atoms in total. The van der Waals surface area contributed by atoms with Crippen molar-refractivity contribution >= 4 is 27.7 Å². The summed E-state index contributed by atoms with van der Waals surface area (Å²) in [4.78, 5) is 14.2. The molecule has 0 aromatic carbocycles. The van der Waals surface area contributed by atoms with Crippen LogP contribution in [0, 0.1) is 11.3 Å².